The van der Waals surface area contributed by atoms with E-state index in [1.807, 2.05) is 11.8 Å². The van der Waals surface area contributed by atoms with E-state index < -0.39 is 0 Å². The third-order valence-electron chi connectivity index (χ3n) is 4.67. The van der Waals surface area contributed by atoms with Gasteiger partial charge in [0.25, 0.3) is 0 Å². The minimum absolute atomic E-state index is 0.238. The van der Waals surface area contributed by atoms with Crippen LogP contribution in [-0.4, -0.2) is 75.0 Å². The molecule has 0 spiro atoms. The molecule has 6 heteroatoms. The van der Waals surface area contributed by atoms with Crippen molar-refractivity contribution < 1.29 is 9.47 Å². The van der Waals surface area contributed by atoms with Crippen LogP contribution in [0.15, 0.2) is 4.99 Å². The lowest BCUT2D eigenvalue weighted by Gasteiger charge is -2.34. The van der Waals surface area contributed by atoms with E-state index in [4.69, 9.17) is 14.5 Å². The van der Waals surface area contributed by atoms with Crippen LogP contribution in [0.5, 0.6) is 0 Å². The minimum atomic E-state index is 0.238. The molecule has 0 atom stereocenters. The van der Waals surface area contributed by atoms with E-state index in [1.165, 1.54) is 12.8 Å². The molecule has 1 saturated carbocycles. The average Bonchev–Trinajstić information content (AvgIpc) is 3.40. The van der Waals surface area contributed by atoms with Crippen LogP contribution < -0.4 is 5.32 Å². The molecule has 2 rings (SSSR count). The molecule has 0 unspecified atom stereocenters. The number of guanidine groups is 1. The van der Waals surface area contributed by atoms with Crippen LogP contribution in [0.1, 0.15) is 32.6 Å². The zero-order valence-electron chi connectivity index (χ0n) is 15.0. The highest BCUT2D eigenvalue weighted by Gasteiger charge is 2.31. The largest absolute Gasteiger partial charge is 0.381 e. The van der Waals surface area contributed by atoms with Crippen molar-refractivity contribution in [2.45, 2.75) is 37.4 Å². The molecule has 1 heterocycles. The third kappa shape index (κ3) is 6.51. The van der Waals surface area contributed by atoms with E-state index >= 15 is 0 Å². The molecule has 1 aliphatic heterocycles. The predicted molar refractivity (Wildman–Crippen MR) is 98.5 cm³/mol. The van der Waals surface area contributed by atoms with Gasteiger partial charge >= 0.3 is 0 Å². The Hall–Kier alpha value is -0.460. The summed E-state index contributed by atoms with van der Waals surface area (Å²) in [5.74, 6) is 1.82. The number of nitrogens with one attached hydrogen (secondary N) is 1. The summed E-state index contributed by atoms with van der Waals surface area (Å²) in [7, 11) is 2.09. The lowest BCUT2D eigenvalue weighted by Crippen LogP contribution is -2.43. The van der Waals surface area contributed by atoms with Gasteiger partial charge in [0.2, 0.25) is 0 Å². The Morgan fingerprint density at radius 3 is 2.74 bits per heavy atom. The molecule has 5 nitrogen and oxygen atoms in total. The second kappa shape index (κ2) is 9.74. The fourth-order valence-corrected chi connectivity index (χ4v) is 3.47. The van der Waals surface area contributed by atoms with Crippen LogP contribution >= 0.6 is 11.8 Å². The van der Waals surface area contributed by atoms with Gasteiger partial charge in [0.1, 0.15) is 0 Å². The zero-order chi connectivity index (χ0) is 16.5. The number of thioether (sulfide) groups is 1. The maximum Gasteiger partial charge on any atom is 0.193 e. The lowest BCUT2D eigenvalue weighted by atomic mass is 9.99. The molecule has 0 aromatic carbocycles. The van der Waals surface area contributed by atoms with Crippen molar-refractivity contribution in [2.75, 3.05) is 59.4 Å². The number of rotatable bonds is 9. The first-order valence-corrected chi connectivity index (χ1v) is 10.1. The fourth-order valence-electron chi connectivity index (χ4n) is 2.70. The first-order valence-electron chi connectivity index (χ1n) is 8.89. The summed E-state index contributed by atoms with van der Waals surface area (Å²) in [6, 6.07) is 0. The summed E-state index contributed by atoms with van der Waals surface area (Å²) in [4.78, 5) is 7.09. The molecule has 2 fully saturated rings. The van der Waals surface area contributed by atoms with Crippen molar-refractivity contribution >= 4 is 17.7 Å². The summed E-state index contributed by atoms with van der Waals surface area (Å²) >= 11 is 1.94. The standard InChI is InChI=1S/C17H33N3O2S/c1-4-18-16(20(2)9-12-22-13-15-5-6-15)19-14-17(23-3)7-10-21-11-8-17/h15H,4-14H2,1-3H3,(H,18,19). The molecule has 0 bridgehead atoms. The second-order valence-corrected chi connectivity index (χ2v) is 7.88. The Balaban J connectivity index is 1.81. The van der Waals surface area contributed by atoms with Crippen LogP contribution in [0.3, 0.4) is 0 Å². The van der Waals surface area contributed by atoms with Gasteiger partial charge in [0.05, 0.1) is 13.2 Å². The van der Waals surface area contributed by atoms with E-state index in [-0.39, 0.29) is 4.75 Å². The average molecular weight is 344 g/mol. The van der Waals surface area contributed by atoms with Gasteiger partial charge in [-0.25, -0.2) is 0 Å². The van der Waals surface area contributed by atoms with E-state index in [1.54, 1.807) is 0 Å². The molecule has 1 N–H and O–H groups in total. The maximum absolute atomic E-state index is 5.75. The molecule has 2 aliphatic rings. The van der Waals surface area contributed by atoms with Crippen LogP contribution in [-0.2, 0) is 9.47 Å². The van der Waals surface area contributed by atoms with Crippen molar-refractivity contribution in [3.63, 3.8) is 0 Å². The Labute approximate surface area is 145 Å². The van der Waals surface area contributed by atoms with Gasteiger partial charge in [0.15, 0.2) is 5.96 Å². The molecule has 23 heavy (non-hydrogen) atoms. The van der Waals surface area contributed by atoms with Crippen LogP contribution in [0.2, 0.25) is 0 Å². The van der Waals surface area contributed by atoms with Crippen LogP contribution in [0, 0.1) is 5.92 Å². The number of likely N-dealkylation sites (N-methyl/N-ethyl adjacent to an activating group) is 1. The van der Waals surface area contributed by atoms with Crippen LogP contribution in [0.4, 0.5) is 0 Å². The highest BCUT2D eigenvalue weighted by Crippen LogP contribution is 2.34. The van der Waals surface area contributed by atoms with E-state index in [2.05, 4.69) is 30.4 Å². The Bertz CT molecular complexity index is 369. The Morgan fingerprint density at radius 2 is 2.13 bits per heavy atom. The summed E-state index contributed by atoms with van der Waals surface area (Å²) in [6.07, 6.45) is 7.07. The summed E-state index contributed by atoms with van der Waals surface area (Å²) in [6.45, 7) is 8.17. The third-order valence-corrected chi connectivity index (χ3v) is 6.08. The first kappa shape index (κ1) is 18.9. The van der Waals surface area contributed by atoms with Crippen molar-refractivity contribution in [2.24, 2.45) is 10.9 Å². The molecule has 134 valence electrons. The molecule has 1 saturated heterocycles. The smallest absolute Gasteiger partial charge is 0.193 e. The fraction of sp³-hybridized carbons (Fsp3) is 0.941. The van der Waals surface area contributed by atoms with Gasteiger partial charge in [0, 0.05) is 44.7 Å². The second-order valence-electron chi connectivity index (χ2n) is 6.61. The van der Waals surface area contributed by atoms with Crippen molar-refractivity contribution in [1.29, 1.82) is 0 Å². The Morgan fingerprint density at radius 1 is 1.39 bits per heavy atom. The minimum Gasteiger partial charge on any atom is -0.381 e. The van der Waals surface area contributed by atoms with Crippen molar-refractivity contribution in [1.82, 2.24) is 10.2 Å². The number of hydrogen-bond acceptors (Lipinski definition) is 4. The van der Waals surface area contributed by atoms with E-state index in [0.29, 0.717) is 0 Å². The molecule has 0 radical (unpaired) electrons. The van der Waals surface area contributed by atoms with Crippen molar-refractivity contribution in [3.8, 4) is 0 Å². The van der Waals surface area contributed by atoms with E-state index in [0.717, 1.165) is 70.8 Å². The SMILES string of the molecule is CCNC(=NCC1(SC)CCOCC1)N(C)CCOCC1CC1. The predicted octanol–water partition coefficient (Wildman–Crippen LogP) is 2.22. The normalized spacial score (nSPS) is 21.3. The summed E-state index contributed by atoms with van der Waals surface area (Å²) < 4.78 is 11.5. The zero-order valence-corrected chi connectivity index (χ0v) is 15.8. The molecule has 0 aromatic rings. The Kier molecular flexibility index (Phi) is 7.99. The number of nitrogens with zero attached hydrogens (tertiary/aromatic N) is 2. The maximum atomic E-state index is 5.75. The number of hydrogen-bond donors (Lipinski definition) is 1. The van der Waals surface area contributed by atoms with Gasteiger partial charge in [-0.1, -0.05) is 0 Å². The quantitative estimate of drug-likeness (QED) is 0.395. The molecular formula is C17H33N3O2S. The van der Waals surface area contributed by atoms with Crippen molar-refractivity contribution in [3.05, 3.63) is 0 Å². The molecule has 1 aliphatic carbocycles. The number of aliphatic imine (C=N–C) groups is 1. The van der Waals surface area contributed by atoms with E-state index in [9.17, 15) is 0 Å². The topological polar surface area (TPSA) is 46.1 Å². The molecule has 0 amide bonds. The molecular weight excluding hydrogens is 310 g/mol. The highest BCUT2D eigenvalue weighted by molar-refractivity contribution is 8.00. The van der Waals surface area contributed by atoms with Gasteiger partial charge in [-0.2, -0.15) is 11.8 Å². The lowest BCUT2D eigenvalue weighted by molar-refractivity contribution is 0.0793. The summed E-state index contributed by atoms with van der Waals surface area (Å²) in [5.41, 5.74) is 0. The highest BCUT2D eigenvalue weighted by atomic mass is 32.2. The first-order chi connectivity index (χ1) is 11.2. The number of ether oxygens (including phenoxy) is 2. The monoisotopic (exact) mass is 343 g/mol. The molecule has 0 aromatic heterocycles. The van der Waals surface area contributed by atoms with Crippen LogP contribution in [0.25, 0.3) is 0 Å². The van der Waals surface area contributed by atoms with Gasteiger partial charge in [-0.15, -0.1) is 0 Å². The van der Waals surface area contributed by atoms with Gasteiger partial charge in [-0.3, -0.25) is 4.99 Å². The van der Waals surface area contributed by atoms with Gasteiger partial charge in [-0.05, 0) is 44.8 Å². The summed E-state index contributed by atoms with van der Waals surface area (Å²) in [5, 5.41) is 3.41. The van der Waals surface area contributed by atoms with Gasteiger partial charge < -0.3 is 19.7 Å².